The van der Waals surface area contributed by atoms with E-state index in [4.69, 9.17) is 151 Å². The van der Waals surface area contributed by atoms with Crippen LogP contribution in [0.25, 0.3) is 11.5 Å². The number of carbonyl (C=O) groups excluding carboxylic acids is 6. The van der Waals surface area contributed by atoms with Crippen LogP contribution in [0.1, 0.15) is 133 Å². The van der Waals surface area contributed by atoms with Crippen LogP contribution in [-0.4, -0.2) is 179 Å². The third-order valence-electron chi connectivity index (χ3n) is 18.3. The number of oxime groups is 1. The fourth-order valence-corrected chi connectivity index (χ4v) is 14.5. The van der Waals surface area contributed by atoms with E-state index in [-0.39, 0.29) is 124 Å². The molecule has 4 aliphatic heterocycles. The Morgan fingerprint density at radius 1 is 0.500 bits per heavy atom. The normalized spacial score (nSPS) is 13.3. The molecule has 6 N–H and O–H groups in total. The van der Waals surface area contributed by atoms with Crippen molar-refractivity contribution in [2.45, 2.75) is 144 Å². The number of anilines is 7. The molecule has 0 spiro atoms. The maximum absolute atomic E-state index is 14.0. The Balaban J connectivity index is 0.000000206. The topological polar surface area (TPSA) is 442 Å². The summed E-state index contributed by atoms with van der Waals surface area (Å²) in [5, 5.41) is 64.7. The third-order valence-corrected chi connectivity index (χ3v) is 21.8. The fraction of sp³-hybridized carbons (Fsp3) is 0.383. The summed E-state index contributed by atoms with van der Waals surface area (Å²) < 4.78 is 86.1. The Morgan fingerprint density at radius 3 is 1.28 bits per heavy atom. The van der Waals surface area contributed by atoms with Crippen molar-refractivity contribution in [1.82, 2.24) is 50.9 Å². The van der Waals surface area contributed by atoms with Crippen LogP contribution in [0.3, 0.4) is 0 Å². The Hall–Kier alpha value is -10.7. The SMILES string of the molecule is CC(C)(C)OC(=O)N1CCN(Cc2c(Cl)ccc(F)c2Cl)c2cc(C#N)nnc21.CC(C)(C)OC(=O)N1CCN(Cc2c(Cl)ccc(F)c2Cl)c2cc(C(N)=NO)nnc21.CC(C)(C)OC(=O)N1CCN(Cc2c(Cl)ccc(F)c2Cl)c2cc(Cl)nnc21.COC(=O)CCC(=O)Cl.COC(=O)CCc1nc(-c2cc3c(nn2)CCCN3Cc2c(Cl)ccc(F)c2Cl)no1.NO. The van der Waals surface area contributed by atoms with Gasteiger partial charge in [0.25, 0.3) is 0 Å². The number of nitrogens with two attached hydrogens (primary N) is 2. The minimum Gasteiger partial charge on any atom is -0.469 e. The molecule has 9 heterocycles. The molecule has 4 aromatic carbocycles. The fourth-order valence-electron chi connectivity index (χ4n) is 12.3. The average molecular weight is 2010 g/mol. The zero-order valence-electron chi connectivity index (χ0n) is 71.2. The molecule has 0 atom stereocenters. The van der Waals surface area contributed by atoms with Crippen molar-refractivity contribution < 1.29 is 85.0 Å². The largest absolute Gasteiger partial charge is 0.469 e. The maximum Gasteiger partial charge on any atom is 0.416 e. The summed E-state index contributed by atoms with van der Waals surface area (Å²) >= 11 is 60.4. The lowest BCUT2D eigenvalue weighted by atomic mass is 10.1. The average Bonchev–Trinajstić information content (AvgIpc) is 0.896. The van der Waals surface area contributed by atoms with Gasteiger partial charge in [-0.3, -0.25) is 29.1 Å². The summed E-state index contributed by atoms with van der Waals surface area (Å²) in [4.78, 5) is 85.4. The van der Waals surface area contributed by atoms with Gasteiger partial charge in [0.15, 0.2) is 34.1 Å². The molecular weight excluding hydrogens is 1920 g/mol. The van der Waals surface area contributed by atoms with E-state index in [2.05, 4.69) is 71.5 Å². The summed E-state index contributed by atoms with van der Waals surface area (Å²) in [7, 11) is 2.58. The highest BCUT2D eigenvalue weighted by Gasteiger charge is 2.38. The van der Waals surface area contributed by atoms with Crippen LogP contribution < -0.4 is 45.9 Å². The van der Waals surface area contributed by atoms with Crippen molar-refractivity contribution in [2.75, 3.05) is 94.3 Å². The maximum atomic E-state index is 14.0. The number of rotatable bonds is 16. The Kier molecular flexibility index (Phi) is 37.7. The molecule has 5 aromatic heterocycles. The van der Waals surface area contributed by atoms with Gasteiger partial charge >= 0.3 is 30.2 Å². The molecular formula is C81H85Cl10F4N21O14. The van der Waals surface area contributed by atoms with Gasteiger partial charge in [0.05, 0.1) is 75.6 Å². The van der Waals surface area contributed by atoms with E-state index in [9.17, 15) is 51.6 Å². The monoisotopic (exact) mass is 2000 g/mol. The molecule has 130 heavy (non-hydrogen) atoms. The second kappa shape index (κ2) is 46.9. The van der Waals surface area contributed by atoms with Gasteiger partial charge in [-0.15, -0.1) is 35.7 Å². The number of halogens is 14. The van der Waals surface area contributed by atoms with Crippen LogP contribution in [0.5, 0.6) is 0 Å². The predicted molar refractivity (Wildman–Crippen MR) is 481 cm³/mol. The molecule has 0 fully saturated rings. The zero-order chi connectivity index (χ0) is 96.1. The van der Waals surface area contributed by atoms with Gasteiger partial charge in [0.2, 0.25) is 17.0 Å². The van der Waals surface area contributed by atoms with Gasteiger partial charge in [-0.1, -0.05) is 115 Å². The molecule has 49 heteroatoms. The number of esters is 2. The van der Waals surface area contributed by atoms with Gasteiger partial charge < -0.3 is 64.0 Å². The number of fused-ring (bicyclic) bond motifs is 4. The van der Waals surface area contributed by atoms with Gasteiger partial charge in [-0.25, -0.2) is 37.8 Å². The molecule has 13 rings (SSSR count). The summed E-state index contributed by atoms with van der Waals surface area (Å²) in [5.74, 6) is 1.54. The number of aryl methyl sites for hydroxylation is 2. The molecule has 0 saturated heterocycles. The first-order valence-electron chi connectivity index (χ1n) is 38.8. The van der Waals surface area contributed by atoms with Crippen LogP contribution in [0.2, 0.25) is 45.3 Å². The molecule has 0 unspecified atom stereocenters. The number of methoxy groups -OCH3 is 2. The summed E-state index contributed by atoms with van der Waals surface area (Å²) in [6.45, 7) is 19.3. The minimum absolute atomic E-state index is 0.00952. The van der Waals surface area contributed by atoms with E-state index in [1.807, 2.05) is 26.8 Å². The third kappa shape index (κ3) is 28.4. The van der Waals surface area contributed by atoms with Crippen LogP contribution in [0.15, 0.2) is 82.5 Å². The number of carbonyl (C=O) groups is 6. The van der Waals surface area contributed by atoms with Gasteiger partial charge in [0.1, 0.15) is 57.5 Å². The summed E-state index contributed by atoms with van der Waals surface area (Å²) in [6.07, 6.45) is 0.448. The van der Waals surface area contributed by atoms with Crippen molar-refractivity contribution in [2.24, 2.45) is 16.8 Å². The number of amides is 3. The summed E-state index contributed by atoms with van der Waals surface area (Å²) in [5.41, 5.74) is 9.03. The second-order valence-corrected chi connectivity index (χ2v) is 34.9. The Labute approximate surface area is 792 Å². The van der Waals surface area contributed by atoms with Crippen molar-refractivity contribution >= 4 is 198 Å². The number of hydrogen-bond donors (Lipinski definition) is 4. The number of ether oxygens (including phenoxy) is 5. The first-order valence-corrected chi connectivity index (χ1v) is 42.5. The molecule has 0 bridgehead atoms. The molecule has 0 saturated carbocycles. The Morgan fingerprint density at radius 2 is 0.885 bits per heavy atom. The Bertz CT molecular complexity index is 5700. The number of nitrogens with zero attached hydrogens (tertiary/aromatic N) is 19. The van der Waals surface area contributed by atoms with E-state index >= 15 is 0 Å². The number of hydrogen-bond acceptors (Lipinski definition) is 31. The minimum atomic E-state index is -0.710. The van der Waals surface area contributed by atoms with Crippen LogP contribution in [0.4, 0.5) is 72.1 Å². The molecule has 0 aliphatic carbocycles. The van der Waals surface area contributed by atoms with E-state index in [1.165, 1.54) is 89.6 Å². The molecule has 0 radical (unpaired) electrons. The van der Waals surface area contributed by atoms with Crippen LogP contribution in [-0.2, 0) is 77.1 Å². The summed E-state index contributed by atoms with van der Waals surface area (Å²) in [6, 6.07) is 19.0. The zero-order valence-corrected chi connectivity index (χ0v) is 78.7. The molecule has 9 aromatic rings. The van der Waals surface area contributed by atoms with E-state index in [0.29, 0.717) is 110 Å². The lowest BCUT2D eigenvalue weighted by Crippen LogP contribution is -2.46. The first kappa shape index (κ1) is 105. The molecule has 35 nitrogen and oxygen atoms in total. The van der Waals surface area contributed by atoms with Crippen molar-refractivity contribution in [1.29, 1.82) is 5.26 Å². The highest BCUT2D eigenvalue weighted by Crippen LogP contribution is 2.42. The number of amidine groups is 1. The van der Waals surface area contributed by atoms with Crippen molar-refractivity contribution in [3.63, 3.8) is 0 Å². The van der Waals surface area contributed by atoms with E-state index in [1.54, 1.807) is 73.3 Å². The second-order valence-electron chi connectivity index (χ2n) is 30.9. The molecule has 696 valence electrons. The number of aromatic nitrogens is 10. The molecule has 3 amide bonds. The van der Waals surface area contributed by atoms with Crippen molar-refractivity contribution in [3.05, 3.63) is 187 Å². The van der Waals surface area contributed by atoms with E-state index in [0.717, 1.165) is 30.8 Å². The van der Waals surface area contributed by atoms with Crippen molar-refractivity contribution in [3.8, 4) is 17.6 Å². The van der Waals surface area contributed by atoms with Crippen LogP contribution >= 0.6 is 116 Å². The lowest BCUT2D eigenvalue weighted by Gasteiger charge is -2.37. The number of benzene rings is 4. The highest BCUT2D eigenvalue weighted by atomic mass is 35.5. The first-order chi connectivity index (χ1) is 61.3. The van der Waals surface area contributed by atoms with E-state index < -0.39 is 69.6 Å². The predicted octanol–water partition coefficient (Wildman–Crippen LogP) is 17.7. The molecule has 4 aliphatic rings. The van der Waals surface area contributed by atoms with Gasteiger partial charge in [-0.05, 0) is 147 Å². The van der Waals surface area contributed by atoms with Gasteiger partial charge in [-0.2, -0.15) is 15.3 Å². The smallest absolute Gasteiger partial charge is 0.416 e. The van der Waals surface area contributed by atoms with Gasteiger partial charge in [0, 0.05) is 139 Å². The number of nitriles is 1. The van der Waals surface area contributed by atoms with Crippen LogP contribution in [0, 0.1) is 34.6 Å². The quantitative estimate of drug-likeness (QED) is 0.00803. The standard InChI is InChI=1S/C20H18Cl2FN5O3.C19H21Cl2FN6O3.C19H18Cl2FN5O2.C18H18Cl3FN4O2.C5H7ClO3.H3NO/c1-30-18(29)7-6-17-24-20(27-31-17)15-9-16-14(25-26-15)3-2-8-28(16)10-11-12(21)4-5-13(23)19(11)22;1-19(2,3)31-18(29)28-7-6-27(9-10-11(20)4-5-12(22)15(10)21)14-8-13(16(23)26-30)24-25-17(14)28;1-19(2,3)29-18(28)27-7-6-26(15-8-11(9-23)24-25-17(15)27)10-12-13(20)4-5-14(22)16(12)21;1-18(2,3)28-17(27)26-7-6-25(13-8-14(20)23-24-16(13)26)9-10-11(19)4-5-12(22)15(10)21;1-9-5(8)3-2-4(6)7;1-2/h4-5,9H,2-3,6-8,10H2,1H3;4-5,8,30H,6-7,9H2,1-3H3,(H2,23,26);4-5,8H,6-7,10H2,1-3H3;4-5,8H,6-7,9H2,1-3H3;2-3H2,1H3;2H,1H2. The lowest BCUT2D eigenvalue weighted by molar-refractivity contribution is -0.141. The highest BCUT2D eigenvalue weighted by molar-refractivity contribution is 6.63.